The number of ether oxygens (including phenoxy) is 2. The second-order valence-electron chi connectivity index (χ2n) is 9.49. The summed E-state index contributed by atoms with van der Waals surface area (Å²) in [6.45, 7) is 7.23. The molecule has 5 aliphatic heterocycles. The van der Waals surface area contributed by atoms with Crippen LogP contribution >= 0.6 is 0 Å². The normalized spacial score (nSPS) is 29.8. The summed E-state index contributed by atoms with van der Waals surface area (Å²) in [5.41, 5.74) is 2.53. The average molecular weight is 456 g/mol. The van der Waals surface area contributed by atoms with Crippen LogP contribution in [0.4, 0.5) is 5.69 Å². The number of piperazine rings is 1. The van der Waals surface area contributed by atoms with E-state index >= 15 is 0 Å². The Kier molecular flexibility index (Phi) is 5.23. The second kappa shape index (κ2) is 8.27. The molecule has 6 rings (SSSR count). The molecule has 0 spiro atoms. The van der Waals surface area contributed by atoms with Gasteiger partial charge in [0.15, 0.2) is 0 Å². The summed E-state index contributed by atoms with van der Waals surface area (Å²) >= 11 is 0. The highest BCUT2D eigenvalue weighted by atomic mass is 16.5. The minimum absolute atomic E-state index is 0.168. The van der Waals surface area contributed by atoms with Crippen LogP contribution in [0.5, 0.6) is 5.75 Å². The molecule has 10 heteroatoms. The van der Waals surface area contributed by atoms with Crippen LogP contribution in [0.25, 0.3) is 0 Å². The van der Waals surface area contributed by atoms with Gasteiger partial charge in [-0.1, -0.05) is 0 Å². The first-order chi connectivity index (χ1) is 16.1. The van der Waals surface area contributed by atoms with E-state index in [2.05, 4.69) is 26.5 Å². The summed E-state index contributed by atoms with van der Waals surface area (Å²) in [5.74, 6) is -0.0989. The van der Waals surface area contributed by atoms with Gasteiger partial charge in [-0.25, -0.2) is 0 Å². The summed E-state index contributed by atoms with van der Waals surface area (Å²) in [7, 11) is 0. The second-order valence-corrected chi connectivity index (χ2v) is 9.49. The van der Waals surface area contributed by atoms with Gasteiger partial charge in [-0.2, -0.15) is 0 Å². The fourth-order valence-electron chi connectivity index (χ4n) is 5.68. The predicted octanol–water partition coefficient (Wildman–Crippen LogP) is -0.681. The van der Waals surface area contributed by atoms with E-state index in [1.807, 2.05) is 6.07 Å². The van der Waals surface area contributed by atoms with Gasteiger partial charge in [-0.3, -0.25) is 24.6 Å². The number of carbonyl (C=O) groups excluding carboxylic acids is 3. The standard InChI is InChI=1S/C23H29N5O5/c29-21-2-1-18(22(30)25-21)28-10-14-7-19-20(8-17(14)23(28)31)33-13-15-11-26(4-5-27(15)19)12-16-9-24-3-6-32-16/h7-8,15-16,18,24H,1-6,9-13H2,(H,25,29,30)/t15-,16-,18?/m0/s1. The molecule has 0 radical (unpaired) electrons. The van der Waals surface area contributed by atoms with E-state index in [1.165, 1.54) is 0 Å². The number of fused-ring (bicyclic) bond motifs is 4. The molecule has 5 aliphatic rings. The number of morpholine rings is 1. The number of anilines is 1. The highest BCUT2D eigenvalue weighted by Gasteiger charge is 2.41. The Morgan fingerprint density at radius 3 is 2.85 bits per heavy atom. The van der Waals surface area contributed by atoms with E-state index < -0.39 is 6.04 Å². The van der Waals surface area contributed by atoms with Crippen molar-refractivity contribution in [1.82, 2.24) is 20.4 Å². The molecule has 3 fully saturated rings. The van der Waals surface area contributed by atoms with Crippen molar-refractivity contribution in [3.8, 4) is 5.75 Å². The fraction of sp³-hybridized carbons (Fsp3) is 0.609. The zero-order valence-corrected chi connectivity index (χ0v) is 18.5. The number of imide groups is 1. The average Bonchev–Trinajstić information content (AvgIpc) is 3.13. The van der Waals surface area contributed by atoms with Crippen molar-refractivity contribution in [3.63, 3.8) is 0 Å². The molecular weight excluding hydrogens is 426 g/mol. The van der Waals surface area contributed by atoms with E-state index in [0.717, 1.165) is 62.9 Å². The molecule has 33 heavy (non-hydrogen) atoms. The topological polar surface area (TPSA) is 103 Å². The Morgan fingerprint density at radius 1 is 1.12 bits per heavy atom. The largest absolute Gasteiger partial charge is 0.489 e. The minimum Gasteiger partial charge on any atom is -0.489 e. The molecular formula is C23H29N5O5. The summed E-state index contributed by atoms with van der Waals surface area (Å²) in [4.78, 5) is 43.4. The monoisotopic (exact) mass is 455 g/mol. The molecule has 3 saturated heterocycles. The predicted molar refractivity (Wildman–Crippen MR) is 118 cm³/mol. The minimum atomic E-state index is -0.603. The van der Waals surface area contributed by atoms with Crippen molar-refractivity contribution in [1.29, 1.82) is 0 Å². The Morgan fingerprint density at radius 2 is 2.03 bits per heavy atom. The number of amides is 3. The lowest BCUT2D eigenvalue weighted by Gasteiger charge is -2.46. The molecule has 1 aromatic carbocycles. The summed E-state index contributed by atoms with van der Waals surface area (Å²) in [6.07, 6.45) is 0.851. The smallest absolute Gasteiger partial charge is 0.255 e. The number of benzene rings is 1. The van der Waals surface area contributed by atoms with Crippen LogP contribution < -0.4 is 20.3 Å². The van der Waals surface area contributed by atoms with Crippen LogP contribution in [0.1, 0.15) is 28.8 Å². The van der Waals surface area contributed by atoms with Gasteiger partial charge in [0.2, 0.25) is 11.8 Å². The number of carbonyl (C=O) groups is 3. The third-order valence-corrected chi connectivity index (χ3v) is 7.38. The van der Waals surface area contributed by atoms with Gasteiger partial charge < -0.3 is 24.6 Å². The fourth-order valence-corrected chi connectivity index (χ4v) is 5.68. The number of nitrogens with one attached hydrogen (secondary N) is 2. The molecule has 176 valence electrons. The van der Waals surface area contributed by atoms with Crippen molar-refractivity contribution < 1.29 is 23.9 Å². The Hall–Kier alpha value is -2.69. The molecule has 3 amide bonds. The van der Waals surface area contributed by atoms with Crippen LogP contribution in [-0.4, -0.2) is 98.2 Å². The Labute approximate surface area is 192 Å². The van der Waals surface area contributed by atoms with Crippen molar-refractivity contribution in [2.24, 2.45) is 0 Å². The number of piperidine rings is 1. The number of hydrogen-bond acceptors (Lipinski definition) is 8. The highest BCUT2D eigenvalue weighted by Crippen LogP contribution is 2.40. The van der Waals surface area contributed by atoms with E-state index in [0.29, 0.717) is 25.1 Å². The molecule has 0 aromatic heterocycles. The van der Waals surface area contributed by atoms with Gasteiger partial charge in [0.1, 0.15) is 18.4 Å². The molecule has 0 bridgehead atoms. The van der Waals surface area contributed by atoms with Crippen molar-refractivity contribution in [2.75, 3.05) is 57.4 Å². The van der Waals surface area contributed by atoms with Crippen LogP contribution in [0, 0.1) is 0 Å². The van der Waals surface area contributed by atoms with Gasteiger partial charge in [0.25, 0.3) is 5.91 Å². The number of rotatable bonds is 3. The van der Waals surface area contributed by atoms with Gasteiger partial charge in [0, 0.05) is 57.8 Å². The first-order valence-corrected chi connectivity index (χ1v) is 11.8. The summed E-state index contributed by atoms with van der Waals surface area (Å²) in [6, 6.07) is 3.55. The Balaban J connectivity index is 1.17. The third-order valence-electron chi connectivity index (χ3n) is 7.38. The molecule has 3 atom stereocenters. The number of hydrogen-bond donors (Lipinski definition) is 2. The first kappa shape index (κ1) is 20.9. The maximum absolute atomic E-state index is 13.1. The Bertz CT molecular complexity index is 994. The van der Waals surface area contributed by atoms with Crippen LogP contribution in [-0.2, 0) is 20.9 Å². The molecule has 0 aliphatic carbocycles. The summed E-state index contributed by atoms with van der Waals surface area (Å²) < 4.78 is 12.0. The lowest BCUT2D eigenvalue weighted by molar-refractivity contribution is -0.136. The van der Waals surface area contributed by atoms with Crippen molar-refractivity contribution >= 4 is 23.4 Å². The zero-order chi connectivity index (χ0) is 22.5. The zero-order valence-electron chi connectivity index (χ0n) is 18.5. The van der Waals surface area contributed by atoms with Gasteiger partial charge >= 0.3 is 0 Å². The third kappa shape index (κ3) is 3.75. The SMILES string of the molecule is O=C1CCC(N2Cc3cc4c(cc3C2=O)OC[C@@H]2CN(C[C@@H]3CNCCO3)CCN42)C(=O)N1. The summed E-state index contributed by atoms with van der Waals surface area (Å²) in [5, 5.41) is 5.75. The van der Waals surface area contributed by atoms with Gasteiger partial charge in [0.05, 0.1) is 24.4 Å². The molecule has 5 heterocycles. The molecule has 1 aromatic rings. The van der Waals surface area contributed by atoms with Crippen molar-refractivity contribution in [2.45, 2.75) is 37.6 Å². The molecule has 10 nitrogen and oxygen atoms in total. The maximum Gasteiger partial charge on any atom is 0.255 e. The van der Waals surface area contributed by atoms with E-state index in [4.69, 9.17) is 9.47 Å². The lowest BCUT2D eigenvalue weighted by Crippen LogP contribution is -2.59. The van der Waals surface area contributed by atoms with E-state index in [-0.39, 0.29) is 36.3 Å². The number of nitrogens with zero attached hydrogens (tertiary/aromatic N) is 3. The van der Waals surface area contributed by atoms with E-state index in [9.17, 15) is 14.4 Å². The quantitative estimate of drug-likeness (QED) is 0.578. The van der Waals surface area contributed by atoms with Gasteiger partial charge in [-0.15, -0.1) is 0 Å². The molecule has 1 unspecified atom stereocenters. The highest BCUT2D eigenvalue weighted by molar-refractivity contribution is 6.05. The van der Waals surface area contributed by atoms with Crippen LogP contribution in [0.3, 0.4) is 0 Å². The van der Waals surface area contributed by atoms with E-state index in [1.54, 1.807) is 4.90 Å². The maximum atomic E-state index is 13.1. The van der Waals surface area contributed by atoms with Crippen molar-refractivity contribution in [3.05, 3.63) is 23.3 Å². The first-order valence-electron chi connectivity index (χ1n) is 11.8. The van der Waals surface area contributed by atoms with Gasteiger partial charge in [-0.05, 0) is 24.1 Å². The van der Waals surface area contributed by atoms with Crippen LogP contribution in [0.2, 0.25) is 0 Å². The molecule has 2 N–H and O–H groups in total. The lowest BCUT2D eigenvalue weighted by atomic mass is 10.0. The molecule has 0 saturated carbocycles. The van der Waals surface area contributed by atoms with Crippen LogP contribution in [0.15, 0.2) is 12.1 Å².